The van der Waals surface area contributed by atoms with Crippen LogP contribution < -0.4 is 5.32 Å². The van der Waals surface area contributed by atoms with Gasteiger partial charge in [-0.2, -0.15) is 0 Å². The Balaban J connectivity index is 2.59. The number of nitrogens with one attached hydrogen (secondary N) is 1. The summed E-state index contributed by atoms with van der Waals surface area (Å²) in [5, 5.41) is 2.72. The molecule has 0 unspecified atom stereocenters. The zero-order chi connectivity index (χ0) is 16.0. The van der Waals surface area contributed by atoms with E-state index in [0.29, 0.717) is 13.0 Å². The minimum atomic E-state index is -0.553. The Bertz CT molecular complexity index is 364. The summed E-state index contributed by atoms with van der Waals surface area (Å²) in [5.74, 6) is 0.000194. The summed E-state index contributed by atoms with van der Waals surface area (Å²) in [6, 6.07) is -0.468. The van der Waals surface area contributed by atoms with Crippen LogP contribution in [-0.2, 0) is 9.53 Å². The molecule has 2 amide bonds. The molecule has 6 heteroatoms. The first-order valence-electron chi connectivity index (χ1n) is 7.62. The molecule has 1 rings (SSSR count). The molecule has 0 saturated carbocycles. The third-order valence-corrected chi connectivity index (χ3v) is 3.29. The number of likely N-dealkylation sites (tertiary alicyclic amines) is 1. The van der Waals surface area contributed by atoms with E-state index in [2.05, 4.69) is 10.2 Å². The number of carbonyl (C=O) groups excluding carboxylic acids is 2. The second kappa shape index (κ2) is 7.64. The Morgan fingerprint density at radius 1 is 1.38 bits per heavy atom. The summed E-state index contributed by atoms with van der Waals surface area (Å²) < 4.78 is 5.23. The van der Waals surface area contributed by atoms with E-state index >= 15 is 0 Å². The number of rotatable bonds is 4. The molecule has 1 saturated heterocycles. The van der Waals surface area contributed by atoms with E-state index in [1.807, 2.05) is 39.8 Å². The van der Waals surface area contributed by atoms with Gasteiger partial charge < -0.3 is 19.9 Å². The lowest BCUT2D eigenvalue weighted by Gasteiger charge is -2.27. The van der Waals surface area contributed by atoms with Crippen LogP contribution in [0.1, 0.15) is 40.0 Å². The van der Waals surface area contributed by atoms with Gasteiger partial charge in [0.05, 0.1) is 0 Å². The topological polar surface area (TPSA) is 61.9 Å². The van der Waals surface area contributed by atoms with E-state index in [4.69, 9.17) is 4.74 Å². The zero-order valence-corrected chi connectivity index (χ0v) is 13.9. The van der Waals surface area contributed by atoms with Crippen LogP contribution in [0.3, 0.4) is 0 Å². The van der Waals surface area contributed by atoms with E-state index in [9.17, 15) is 9.59 Å². The molecule has 1 aliphatic heterocycles. The van der Waals surface area contributed by atoms with Crippen molar-refractivity contribution in [2.45, 2.75) is 51.7 Å². The van der Waals surface area contributed by atoms with Gasteiger partial charge in [-0.15, -0.1) is 0 Å². The first kappa shape index (κ1) is 17.8. The number of alkyl carbamates (subject to hydrolysis) is 1. The molecule has 1 atom stereocenters. The molecule has 0 aromatic carbocycles. The Hall–Kier alpha value is -1.30. The lowest BCUT2D eigenvalue weighted by Crippen LogP contribution is -2.49. The van der Waals surface area contributed by atoms with E-state index in [0.717, 1.165) is 25.9 Å². The molecule has 1 fully saturated rings. The largest absolute Gasteiger partial charge is 0.444 e. The van der Waals surface area contributed by atoms with Crippen LogP contribution in [0.5, 0.6) is 0 Å². The number of hydrogen-bond donors (Lipinski definition) is 1. The van der Waals surface area contributed by atoms with Crippen molar-refractivity contribution in [2.24, 2.45) is 0 Å². The van der Waals surface area contributed by atoms with Crippen LogP contribution >= 0.6 is 0 Å². The highest BCUT2D eigenvalue weighted by Crippen LogP contribution is 2.13. The molecule has 0 radical (unpaired) electrons. The summed E-state index contributed by atoms with van der Waals surface area (Å²) in [4.78, 5) is 28.2. The highest BCUT2D eigenvalue weighted by Gasteiger charge is 2.29. The summed E-state index contributed by atoms with van der Waals surface area (Å²) in [7, 11) is 3.97. The van der Waals surface area contributed by atoms with Crippen LogP contribution in [0.25, 0.3) is 0 Å². The number of ether oxygens (including phenoxy) is 1. The van der Waals surface area contributed by atoms with Crippen molar-refractivity contribution in [1.82, 2.24) is 15.1 Å². The Kier molecular flexibility index (Phi) is 6.45. The highest BCUT2D eigenvalue weighted by molar-refractivity contribution is 5.86. The summed E-state index contributed by atoms with van der Waals surface area (Å²) in [5.41, 5.74) is -0.553. The van der Waals surface area contributed by atoms with Gasteiger partial charge in [0.25, 0.3) is 0 Å². The zero-order valence-electron chi connectivity index (χ0n) is 13.9. The fourth-order valence-electron chi connectivity index (χ4n) is 2.23. The van der Waals surface area contributed by atoms with Crippen LogP contribution in [0.2, 0.25) is 0 Å². The molecule has 0 aromatic heterocycles. The van der Waals surface area contributed by atoms with Crippen LogP contribution in [0.4, 0.5) is 4.79 Å². The maximum absolute atomic E-state index is 12.5. The summed E-state index contributed by atoms with van der Waals surface area (Å²) in [6.45, 7) is 7.71. The van der Waals surface area contributed by atoms with E-state index < -0.39 is 17.7 Å². The molecule has 0 aromatic rings. The molecule has 0 aliphatic carbocycles. The predicted octanol–water partition coefficient (Wildman–Crippen LogP) is 1.45. The van der Waals surface area contributed by atoms with Gasteiger partial charge in [-0.1, -0.05) is 0 Å². The number of carbonyl (C=O) groups is 2. The van der Waals surface area contributed by atoms with Gasteiger partial charge in [0.15, 0.2) is 0 Å². The molecule has 1 aliphatic rings. The van der Waals surface area contributed by atoms with Gasteiger partial charge >= 0.3 is 6.09 Å². The fraction of sp³-hybridized carbons (Fsp3) is 0.867. The molecule has 1 heterocycles. The van der Waals surface area contributed by atoms with E-state index in [-0.39, 0.29) is 5.91 Å². The van der Waals surface area contributed by atoms with Gasteiger partial charge in [-0.05, 0) is 54.1 Å². The average molecular weight is 299 g/mol. The molecule has 21 heavy (non-hydrogen) atoms. The molecule has 6 nitrogen and oxygen atoms in total. The van der Waals surface area contributed by atoms with Gasteiger partial charge in [-0.25, -0.2) is 4.79 Å². The summed E-state index contributed by atoms with van der Waals surface area (Å²) in [6.07, 6.45) is 2.07. The first-order valence-corrected chi connectivity index (χ1v) is 7.62. The van der Waals surface area contributed by atoms with Crippen LogP contribution in [-0.4, -0.2) is 67.2 Å². The minimum Gasteiger partial charge on any atom is -0.444 e. The quantitative estimate of drug-likeness (QED) is 0.853. The van der Waals surface area contributed by atoms with E-state index in [1.54, 1.807) is 0 Å². The Morgan fingerprint density at radius 2 is 2.05 bits per heavy atom. The number of amides is 2. The normalized spacial score (nSPS) is 20.4. The third kappa shape index (κ3) is 6.80. The fourth-order valence-corrected chi connectivity index (χ4v) is 2.23. The smallest absolute Gasteiger partial charge is 0.408 e. The second-order valence-corrected chi connectivity index (χ2v) is 6.82. The van der Waals surface area contributed by atoms with Crippen LogP contribution in [0, 0.1) is 0 Å². The molecular formula is C15H29N3O3. The lowest BCUT2D eigenvalue weighted by molar-refractivity contribution is -0.133. The standard InChI is InChI=1S/C15H29N3O3/c1-15(2,3)21-14(20)16-12-8-6-7-9-18(13(12)19)11-10-17(4)5/h12H,6-11H2,1-5H3,(H,16,20)/t12-/m1/s1. The monoisotopic (exact) mass is 299 g/mol. The SMILES string of the molecule is CN(C)CCN1CCCC[C@@H](NC(=O)OC(C)(C)C)C1=O. The van der Waals surface area contributed by atoms with Gasteiger partial charge in [-0.3, -0.25) is 4.79 Å². The maximum atomic E-state index is 12.5. The van der Waals surface area contributed by atoms with Crippen molar-refractivity contribution in [2.75, 3.05) is 33.7 Å². The van der Waals surface area contributed by atoms with Crippen molar-refractivity contribution >= 4 is 12.0 Å². The maximum Gasteiger partial charge on any atom is 0.408 e. The molecular weight excluding hydrogens is 270 g/mol. The lowest BCUT2D eigenvalue weighted by atomic mass is 10.1. The van der Waals surface area contributed by atoms with Crippen molar-refractivity contribution < 1.29 is 14.3 Å². The third-order valence-electron chi connectivity index (χ3n) is 3.29. The molecule has 0 spiro atoms. The molecule has 122 valence electrons. The van der Waals surface area contributed by atoms with Gasteiger partial charge in [0.1, 0.15) is 11.6 Å². The predicted molar refractivity (Wildman–Crippen MR) is 82.1 cm³/mol. The van der Waals surface area contributed by atoms with E-state index in [1.165, 1.54) is 0 Å². The Labute approximate surface area is 127 Å². The van der Waals surface area contributed by atoms with Gasteiger partial charge in [0.2, 0.25) is 5.91 Å². The van der Waals surface area contributed by atoms with Crippen LogP contribution in [0.15, 0.2) is 0 Å². The first-order chi connectivity index (χ1) is 9.69. The minimum absolute atomic E-state index is 0.000194. The van der Waals surface area contributed by atoms with Crippen molar-refractivity contribution in [3.05, 3.63) is 0 Å². The molecule has 1 N–H and O–H groups in total. The van der Waals surface area contributed by atoms with Crippen molar-refractivity contribution in [1.29, 1.82) is 0 Å². The summed E-state index contributed by atoms with van der Waals surface area (Å²) >= 11 is 0. The highest BCUT2D eigenvalue weighted by atomic mass is 16.6. The molecule has 0 bridgehead atoms. The van der Waals surface area contributed by atoms with Gasteiger partial charge in [0, 0.05) is 19.6 Å². The van der Waals surface area contributed by atoms with Crippen molar-refractivity contribution in [3.8, 4) is 0 Å². The second-order valence-electron chi connectivity index (χ2n) is 6.82. The number of likely N-dealkylation sites (N-methyl/N-ethyl adjacent to an activating group) is 1. The van der Waals surface area contributed by atoms with Crippen molar-refractivity contribution in [3.63, 3.8) is 0 Å². The Morgan fingerprint density at radius 3 is 2.62 bits per heavy atom. The number of nitrogens with zero attached hydrogens (tertiary/aromatic N) is 2. The average Bonchev–Trinajstić information content (AvgIpc) is 2.48. The number of hydrogen-bond acceptors (Lipinski definition) is 4.